The molecule has 0 bridgehead atoms. The van der Waals surface area contributed by atoms with Gasteiger partial charge in [-0.05, 0) is 12.5 Å². The van der Waals surface area contributed by atoms with E-state index in [1.165, 1.54) is 44.4 Å². The molecule has 0 N–H and O–H groups in total. The summed E-state index contributed by atoms with van der Waals surface area (Å²) >= 11 is 0. The molecule has 0 spiro atoms. The number of aromatic nitrogens is 1. The highest BCUT2D eigenvalue weighted by molar-refractivity contribution is 5.95. The molecule has 0 atom stereocenters. The van der Waals surface area contributed by atoms with Crippen molar-refractivity contribution in [2.45, 2.75) is 58.3 Å². The van der Waals surface area contributed by atoms with Gasteiger partial charge in [0.15, 0.2) is 5.78 Å². The molecule has 0 aliphatic carbocycles. The van der Waals surface area contributed by atoms with Crippen LogP contribution in [0.2, 0.25) is 0 Å². The molecule has 0 fully saturated rings. The number of Topliss-reactive ketones (excluding diaryl/α,β-unsaturated/α-hetero) is 1. The predicted molar refractivity (Wildman–Crippen MR) is 71.1 cm³/mol. The summed E-state index contributed by atoms with van der Waals surface area (Å²) in [5.41, 5.74) is 0.390. The number of rotatable bonds is 9. The first-order valence-corrected chi connectivity index (χ1v) is 6.87. The molecule has 0 unspecified atom stereocenters. The summed E-state index contributed by atoms with van der Waals surface area (Å²) in [6.45, 7) is 2.20. The van der Waals surface area contributed by atoms with Crippen LogP contribution < -0.4 is 0 Å². The first kappa shape index (κ1) is 14.8. The zero-order valence-corrected chi connectivity index (χ0v) is 11.1. The van der Waals surface area contributed by atoms with Crippen molar-refractivity contribution in [3.63, 3.8) is 0 Å². The van der Waals surface area contributed by atoms with Gasteiger partial charge in [-0.1, -0.05) is 45.4 Å². The average Bonchev–Trinajstić information content (AvgIpc) is 2.37. The number of unbranched alkanes of at least 4 members (excludes halogenated alkanes) is 6. The molecule has 1 aromatic rings. The Morgan fingerprint density at radius 2 is 1.78 bits per heavy atom. The van der Waals surface area contributed by atoms with Crippen LogP contribution in [0.3, 0.4) is 0 Å². The Kier molecular flexibility index (Phi) is 7.23. The highest BCUT2D eigenvalue weighted by Gasteiger charge is 2.06. The third kappa shape index (κ3) is 5.89. The van der Waals surface area contributed by atoms with Gasteiger partial charge in [0, 0.05) is 18.2 Å². The molecule has 18 heavy (non-hydrogen) atoms. The largest absolute Gasteiger partial charge is 0.294 e. The molecular formula is C15H22FNO. The predicted octanol–water partition coefficient (Wildman–Crippen LogP) is 4.54. The van der Waals surface area contributed by atoms with Crippen LogP contribution in [-0.4, -0.2) is 10.8 Å². The third-order valence-electron chi connectivity index (χ3n) is 3.03. The van der Waals surface area contributed by atoms with E-state index in [1.54, 1.807) is 0 Å². The van der Waals surface area contributed by atoms with E-state index in [0.717, 1.165) is 19.0 Å². The van der Waals surface area contributed by atoms with Gasteiger partial charge in [0.25, 0.3) is 0 Å². The maximum atomic E-state index is 12.9. The Hall–Kier alpha value is -1.25. The minimum Gasteiger partial charge on any atom is -0.294 e. The Bertz CT molecular complexity index is 365. The number of hydrogen-bond donors (Lipinski definition) is 0. The summed E-state index contributed by atoms with van der Waals surface area (Å²) in [5, 5.41) is 0. The van der Waals surface area contributed by atoms with Crippen LogP contribution in [0.5, 0.6) is 0 Å². The second kappa shape index (κ2) is 8.78. The lowest BCUT2D eigenvalue weighted by molar-refractivity contribution is 0.0978. The average molecular weight is 251 g/mol. The maximum absolute atomic E-state index is 12.9. The molecule has 0 saturated carbocycles. The fourth-order valence-electron chi connectivity index (χ4n) is 1.95. The van der Waals surface area contributed by atoms with Crippen LogP contribution in [0.1, 0.15) is 68.6 Å². The molecule has 0 aliphatic heterocycles. The topological polar surface area (TPSA) is 30.0 Å². The molecule has 1 heterocycles. The van der Waals surface area contributed by atoms with Crippen molar-refractivity contribution < 1.29 is 9.18 Å². The molecule has 2 nitrogen and oxygen atoms in total. The molecule has 1 aromatic heterocycles. The highest BCUT2D eigenvalue weighted by atomic mass is 19.1. The quantitative estimate of drug-likeness (QED) is 0.476. The van der Waals surface area contributed by atoms with Gasteiger partial charge in [-0.25, -0.2) is 4.39 Å². The van der Waals surface area contributed by atoms with E-state index in [2.05, 4.69) is 11.9 Å². The summed E-state index contributed by atoms with van der Waals surface area (Å²) in [7, 11) is 0. The lowest BCUT2D eigenvalue weighted by Crippen LogP contribution is -2.00. The molecule has 0 saturated heterocycles. The SMILES string of the molecule is CCCCCCCCCC(=O)c1cncc(F)c1. The lowest BCUT2D eigenvalue weighted by atomic mass is 10.0. The van der Waals surface area contributed by atoms with E-state index in [4.69, 9.17) is 0 Å². The van der Waals surface area contributed by atoms with Crippen LogP contribution in [0.25, 0.3) is 0 Å². The van der Waals surface area contributed by atoms with Crippen molar-refractivity contribution >= 4 is 5.78 Å². The molecule has 100 valence electrons. The first-order chi connectivity index (χ1) is 8.74. The minimum absolute atomic E-state index is 0.00411. The number of hydrogen-bond acceptors (Lipinski definition) is 2. The fourth-order valence-corrected chi connectivity index (χ4v) is 1.95. The van der Waals surface area contributed by atoms with Gasteiger partial charge in [-0.15, -0.1) is 0 Å². The summed E-state index contributed by atoms with van der Waals surface area (Å²) in [5.74, 6) is -0.448. The van der Waals surface area contributed by atoms with E-state index in [9.17, 15) is 9.18 Å². The third-order valence-corrected chi connectivity index (χ3v) is 3.03. The Morgan fingerprint density at radius 3 is 2.44 bits per heavy atom. The zero-order valence-electron chi connectivity index (χ0n) is 11.1. The van der Waals surface area contributed by atoms with E-state index < -0.39 is 5.82 Å². The number of carbonyl (C=O) groups is 1. The Morgan fingerprint density at radius 1 is 1.11 bits per heavy atom. The van der Waals surface area contributed by atoms with Crippen LogP contribution in [0.4, 0.5) is 4.39 Å². The monoisotopic (exact) mass is 251 g/mol. The van der Waals surface area contributed by atoms with Crippen molar-refractivity contribution in [2.75, 3.05) is 0 Å². The fraction of sp³-hybridized carbons (Fsp3) is 0.600. The molecule has 0 radical (unpaired) electrons. The van der Waals surface area contributed by atoms with Gasteiger partial charge >= 0.3 is 0 Å². The maximum Gasteiger partial charge on any atom is 0.164 e. The van der Waals surface area contributed by atoms with Crippen molar-refractivity contribution in [3.8, 4) is 0 Å². The molecular weight excluding hydrogens is 229 g/mol. The van der Waals surface area contributed by atoms with Gasteiger partial charge in [0.1, 0.15) is 5.82 Å². The molecule has 1 rings (SSSR count). The standard InChI is InChI=1S/C15H22FNO/c1-2-3-4-5-6-7-8-9-15(18)13-10-14(16)12-17-11-13/h10-12H,2-9H2,1H3. The van der Waals surface area contributed by atoms with Crippen molar-refractivity contribution in [2.24, 2.45) is 0 Å². The van der Waals surface area contributed by atoms with Crippen LogP contribution in [-0.2, 0) is 0 Å². The summed E-state index contributed by atoms with van der Waals surface area (Å²) < 4.78 is 12.9. The van der Waals surface area contributed by atoms with Gasteiger partial charge < -0.3 is 0 Å². The van der Waals surface area contributed by atoms with E-state index in [-0.39, 0.29) is 5.78 Å². The van der Waals surface area contributed by atoms with Crippen molar-refractivity contribution in [1.29, 1.82) is 0 Å². The zero-order chi connectivity index (χ0) is 13.2. The van der Waals surface area contributed by atoms with Gasteiger partial charge in [-0.3, -0.25) is 9.78 Å². The molecule has 0 aromatic carbocycles. The Balaban J connectivity index is 2.14. The van der Waals surface area contributed by atoms with Gasteiger partial charge in [-0.2, -0.15) is 0 Å². The summed E-state index contributed by atoms with van der Waals surface area (Å²) in [6.07, 6.45) is 11.3. The van der Waals surface area contributed by atoms with Crippen molar-refractivity contribution in [3.05, 3.63) is 29.8 Å². The summed E-state index contributed by atoms with van der Waals surface area (Å²) in [4.78, 5) is 15.4. The van der Waals surface area contributed by atoms with Crippen LogP contribution >= 0.6 is 0 Å². The number of halogens is 1. The second-order valence-corrected chi connectivity index (χ2v) is 4.69. The minimum atomic E-state index is -0.444. The summed E-state index contributed by atoms with van der Waals surface area (Å²) in [6, 6.07) is 1.26. The van der Waals surface area contributed by atoms with Gasteiger partial charge in [0.2, 0.25) is 0 Å². The van der Waals surface area contributed by atoms with E-state index >= 15 is 0 Å². The van der Waals surface area contributed by atoms with Crippen molar-refractivity contribution in [1.82, 2.24) is 4.98 Å². The molecule has 3 heteroatoms. The molecule has 0 amide bonds. The number of ketones is 1. The van der Waals surface area contributed by atoms with Crippen LogP contribution in [0, 0.1) is 5.82 Å². The van der Waals surface area contributed by atoms with Crippen LogP contribution in [0.15, 0.2) is 18.5 Å². The first-order valence-electron chi connectivity index (χ1n) is 6.87. The number of nitrogens with zero attached hydrogens (tertiary/aromatic N) is 1. The molecule has 0 aliphatic rings. The lowest BCUT2D eigenvalue weighted by Gasteiger charge is -2.02. The Labute approximate surface area is 109 Å². The van der Waals surface area contributed by atoms with Gasteiger partial charge in [0.05, 0.1) is 6.20 Å². The normalized spacial score (nSPS) is 10.6. The smallest absolute Gasteiger partial charge is 0.164 e. The number of carbonyl (C=O) groups excluding carboxylic acids is 1. The second-order valence-electron chi connectivity index (χ2n) is 4.69. The van der Waals surface area contributed by atoms with E-state index in [0.29, 0.717) is 12.0 Å². The highest BCUT2D eigenvalue weighted by Crippen LogP contribution is 2.11. The van der Waals surface area contributed by atoms with E-state index in [1.807, 2.05) is 0 Å². The number of pyridine rings is 1.